The fraction of sp³-hybridized carbons (Fsp3) is 0.765. The summed E-state index contributed by atoms with van der Waals surface area (Å²) in [6.45, 7) is 4.90. The van der Waals surface area contributed by atoms with Gasteiger partial charge in [0, 0.05) is 12.6 Å². The summed E-state index contributed by atoms with van der Waals surface area (Å²) in [6, 6.07) is -0.956. The Morgan fingerprint density at radius 2 is 2.08 bits per heavy atom. The number of aliphatic imine (C=N–C) groups is 1. The van der Waals surface area contributed by atoms with Gasteiger partial charge in [-0.15, -0.1) is 0 Å². The number of hydrogen-bond donors (Lipinski definition) is 4. The Hall–Kier alpha value is -2.16. The number of nitrogens with two attached hydrogens (primary N) is 2. The summed E-state index contributed by atoms with van der Waals surface area (Å²) in [6.07, 6.45) is 4.55. The first-order valence-corrected chi connectivity index (χ1v) is 9.19. The Labute approximate surface area is 154 Å². The van der Waals surface area contributed by atoms with Crippen LogP contribution in [0.5, 0.6) is 0 Å². The lowest BCUT2D eigenvalue weighted by molar-refractivity contribution is -0.140. The number of hydrogen-bond acceptors (Lipinski definition) is 5. The molecule has 0 radical (unpaired) electrons. The molecule has 148 valence electrons. The van der Waals surface area contributed by atoms with Gasteiger partial charge in [0.15, 0.2) is 5.96 Å². The highest BCUT2D eigenvalue weighted by atomic mass is 16.2. The Kier molecular flexibility index (Phi) is 9.64. The van der Waals surface area contributed by atoms with E-state index in [1.165, 1.54) is 0 Å². The summed E-state index contributed by atoms with van der Waals surface area (Å²) in [4.78, 5) is 41.6. The Morgan fingerprint density at radius 1 is 1.35 bits per heavy atom. The van der Waals surface area contributed by atoms with Crippen molar-refractivity contribution in [3.63, 3.8) is 0 Å². The molecule has 1 fully saturated rings. The molecule has 0 aromatic rings. The van der Waals surface area contributed by atoms with Crippen LogP contribution in [0.25, 0.3) is 0 Å². The Morgan fingerprint density at radius 3 is 2.62 bits per heavy atom. The number of aldehydes is 1. The SMILES string of the molecule is CC(C)N(CC(=O)N[C@H](C=O)CCCN=C(N)N)C(=O)[C@H]1CCCCN1. The largest absolute Gasteiger partial charge is 0.370 e. The molecule has 1 rings (SSSR count). The third-order valence-corrected chi connectivity index (χ3v) is 4.31. The zero-order valence-electron chi connectivity index (χ0n) is 15.7. The lowest BCUT2D eigenvalue weighted by Crippen LogP contribution is -2.54. The molecule has 1 aliphatic rings. The number of rotatable bonds is 10. The van der Waals surface area contributed by atoms with E-state index in [2.05, 4.69) is 15.6 Å². The van der Waals surface area contributed by atoms with E-state index in [9.17, 15) is 14.4 Å². The van der Waals surface area contributed by atoms with Crippen LogP contribution in [0.15, 0.2) is 4.99 Å². The second kappa shape index (κ2) is 11.5. The summed E-state index contributed by atoms with van der Waals surface area (Å²) in [5, 5.41) is 5.88. The van der Waals surface area contributed by atoms with Crippen molar-refractivity contribution in [3.05, 3.63) is 0 Å². The first kappa shape index (κ1) is 21.9. The van der Waals surface area contributed by atoms with Crippen molar-refractivity contribution < 1.29 is 14.4 Å². The smallest absolute Gasteiger partial charge is 0.240 e. The molecule has 1 heterocycles. The van der Waals surface area contributed by atoms with Gasteiger partial charge in [-0.2, -0.15) is 0 Å². The van der Waals surface area contributed by atoms with E-state index in [-0.39, 0.29) is 36.4 Å². The van der Waals surface area contributed by atoms with E-state index >= 15 is 0 Å². The van der Waals surface area contributed by atoms with Crippen molar-refractivity contribution in [1.82, 2.24) is 15.5 Å². The summed E-state index contributed by atoms with van der Waals surface area (Å²) in [5.41, 5.74) is 10.5. The van der Waals surface area contributed by atoms with E-state index in [0.29, 0.717) is 25.7 Å². The van der Waals surface area contributed by atoms with Crippen molar-refractivity contribution in [2.75, 3.05) is 19.6 Å². The topological polar surface area (TPSA) is 143 Å². The van der Waals surface area contributed by atoms with E-state index < -0.39 is 6.04 Å². The molecule has 26 heavy (non-hydrogen) atoms. The van der Waals surface area contributed by atoms with E-state index in [0.717, 1.165) is 25.8 Å². The van der Waals surface area contributed by atoms with Crippen molar-refractivity contribution in [3.8, 4) is 0 Å². The number of amides is 2. The maximum absolute atomic E-state index is 12.7. The molecule has 0 aliphatic carbocycles. The second-order valence-electron chi connectivity index (χ2n) is 6.82. The van der Waals surface area contributed by atoms with Crippen LogP contribution < -0.4 is 22.1 Å². The second-order valence-corrected chi connectivity index (χ2v) is 6.82. The molecule has 1 saturated heterocycles. The maximum atomic E-state index is 12.7. The number of carbonyl (C=O) groups excluding carboxylic acids is 3. The minimum atomic E-state index is -0.617. The van der Waals surface area contributed by atoms with Crippen LogP contribution >= 0.6 is 0 Å². The van der Waals surface area contributed by atoms with Crippen LogP contribution in [-0.2, 0) is 14.4 Å². The minimum Gasteiger partial charge on any atom is -0.370 e. The van der Waals surface area contributed by atoms with Gasteiger partial charge in [0.05, 0.1) is 18.6 Å². The highest BCUT2D eigenvalue weighted by Gasteiger charge is 2.29. The summed E-state index contributed by atoms with van der Waals surface area (Å²) >= 11 is 0. The van der Waals surface area contributed by atoms with E-state index in [1.54, 1.807) is 4.90 Å². The number of nitrogens with one attached hydrogen (secondary N) is 2. The maximum Gasteiger partial charge on any atom is 0.240 e. The summed E-state index contributed by atoms with van der Waals surface area (Å²) in [7, 11) is 0. The Balaban J connectivity index is 2.53. The molecule has 0 unspecified atom stereocenters. The average molecular weight is 368 g/mol. The van der Waals surface area contributed by atoms with Crippen molar-refractivity contribution >= 4 is 24.1 Å². The van der Waals surface area contributed by atoms with Gasteiger partial charge in [-0.25, -0.2) is 0 Å². The molecule has 6 N–H and O–H groups in total. The van der Waals surface area contributed by atoms with Crippen LogP contribution in [0, 0.1) is 0 Å². The van der Waals surface area contributed by atoms with Crippen LogP contribution in [0.2, 0.25) is 0 Å². The fourth-order valence-electron chi connectivity index (χ4n) is 2.88. The average Bonchev–Trinajstić information content (AvgIpc) is 2.62. The first-order chi connectivity index (χ1) is 12.3. The molecule has 0 aromatic carbocycles. The molecule has 9 nitrogen and oxygen atoms in total. The quantitative estimate of drug-likeness (QED) is 0.170. The molecule has 0 aromatic heterocycles. The van der Waals surface area contributed by atoms with Crippen molar-refractivity contribution in [2.24, 2.45) is 16.5 Å². The number of nitrogens with zero attached hydrogens (tertiary/aromatic N) is 2. The molecule has 0 bridgehead atoms. The molecular formula is C17H32N6O3. The zero-order chi connectivity index (χ0) is 19.5. The minimum absolute atomic E-state index is 0.000835. The van der Waals surface area contributed by atoms with E-state index in [1.807, 2.05) is 13.8 Å². The Bertz CT molecular complexity index is 499. The highest BCUT2D eigenvalue weighted by Crippen LogP contribution is 2.12. The first-order valence-electron chi connectivity index (χ1n) is 9.19. The predicted molar refractivity (Wildman–Crippen MR) is 100 cm³/mol. The normalized spacial score (nSPS) is 18.0. The van der Waals surface area contributed by atoms with Crippen LogP contribution in [-0.4, -0.2) is 66.7 Å². The molecule has 2 amide bonds. The van der Waals surface area contributed by atoms with Crippen molar-refractivity contribution in [2.45, 2.75) is 64.1 Å². The van der Waals surface area contributed by atoms with Gasteiger partial charge in [-0.3, -0.25) is 14.6 Å². The van der Waals surface area contributed by atoms with Gasteiger partial charge in [-0.05, 0) is 46.1 Å². The lowest BCUT2D eigenvalue weighted by atomic mass is 10.0. The molecular weight excluding hydrogens is 336 g/mol. The van der Waals surface area contributed by atoms with Gasteiger partial charge < -0.3 is 31.8 Å². The lowest BCUT2D eigenvalue weighted by Gasteiger charge is -2.32. The number of guanidine groups is 1. The molecule has 0 spiro atoms. The van der Waals surface area contributed by atoms with Crippen molar-refractivity contribution in [1.29, 1.82) is 0 Å². The molecule has 1 aliphatic heterocycles. The monoisotopic (exact) mass is 368 g/mol. The number of carbonyl (C=O) groups is 3. The third-order valence-electron chi connectivity index (χ3n) is 4.31. The highest BCUT2D eigenvalue weighted by molar-refractivity contribution is 5.88. The fourth-order valence-corrected chi connectivity index (χ4v) is 2.88. The van der Waals surface area contributed by atoms with Gasteiger partial charge >= 0.3 is 0 Å². The van der Waals surface area contributed by atoms with Gasteiger partial charge in [0.1, 0.15) is 6.29 Å². The standard InChI is InChI=1S/C17H32N6O3/c1-12(2)23(16(26)14-7-3-4-8-20-14)10-15(25)22-13(11-24)6-5-9-21-17(18)19/h11-14,20H,3-10H2,1-2H3,(H,22,25)(H4,18,19,21)/t13-,14+/m0/s1. The van der Waals surface area contributed by atoms with Gasteiger partial charge in [0.2, 0.25) is 11.8 Å². The number of piperidine rings is 1. The molecule has 9 heteroatoms. The summed E-state index contributed by atoms with van der Waals surface area (Å²) in [5.74, 6) is -0.411. The van der Waals surface area contributed by atoms with Gasteiger partial charge in [0.25, 0.3) is 0 Å². The zero-order valence-corrected chi connectivity index (χ0v) is 15.7. The van der Waals surface area contributed by atoms with Crippen LogP contribution in [0.4, 0.5) is 0 Å². The third kappa shape index (κ3) is 7.81. The van der Waals surface area contributed by atoms with Crippen LogP contribution in [0.1, 0.15) is 46.0 Å². The molecule has 2 atom stereocenters. The summed E-state index contributed by atoms with van der Waals surface area (Å²) < 4.78 is 0. The van der Waals surface area contributed by atoms with Crippen LogP contribution in [0.3, 0.4) is 0 Å². The predicted octanol–water partition coefficient (Wildman–Crippen LogP) is -0.897. The van der Waals surface area contributed by atoms with Gasteiger partial charge in [-0.1, -0.05) is 6.42 Å². The van der Waals surface area contributed by atoms with E-state index in [4.69, 9.17) is 11.5 Å². The molecule has 0 saturated carbocycles.